The Morgan fingerprint density at radius 1 is 0.958 bits per heavy atom. The highest BCUT2D eigenvalue weighted by atomic mass is 32.2. The number of alkyl halides is 3. The van der Waals surface area contributed by atoms with E-state index in [9.17, 15) is 26.4 Å². The van der Waals surface area contributed by atoms with Gasteiger partial charge < -0.3 is 10.6 Å². The molecule has 0 radical (unpaired) electrons. The molecule has 0 aliphatic heterocycles. The Morgan fingerprint density at radius 3 is 2.08 bits per heavy atom. The molecule has 2 amide bonds. The summed E-state index contributed by atoms with van der Waals surface area (Å²) in [6.07, 6.45) is -3.56. The first-order valence-corrected chi connectivity index (χ1v) is 8.51. The Kier molecular flexibility index (Phi) is 4.83. The molecule has 0 bridgehead atoms. The number of anilines is 2. The molecule has 5 nitrogen and oxygen atoms in total. The SMILES string of the molecule is CS(=O)(=O)c1ccc(NC(=O)Nc2ccccc2C(F)(F)F)cc1. The monoisotopic (exact) mass is 358 g/mol. The molecule has 2 aromatic rings. The maximum absolute atomic E-state index is 12.9. The molecule has 2 N–H and O–H groups in total. The van der Waals surface area contributed by atoms with Crippen LogP contribution < -0.4 is 10.6 Å². The third kappa shape index (κ3) is 4.48. The third-order valence-corrected chi connectivity index (χ3v) is 4.15. The fourth-order valence-electron chi connectivity index (χ4n) is 1.91. The molecule has 0 heterocycles. The molecule has 2 aromatic carbocycles. The van der Waals surface area contributed by atoms with E-state index in [4.69, 9.17) is 0 Å². The number of hydrogen-bond donors (Lipinski definition) is 2. The molecule has 0 aliphatic carbocycles. The molecule has 0 spiro atoms. The Morgan fingerprint density at radius 2 is 1.54 bits per heavy atom. The summed E-state index contributed by atoms with van der Waals surface area (Å²) in [5.74, 6) is 0. The highest BCUT2D eigenvalue weighted by Crippen LogP contribution is 2.34. The van der Waals surface area contributed by atoms with E-state index in [-0.39, 0.29) is 16.3 Å². The number of rotatable bonds is 3. The van der Waals surface area contributed by atoms with Crippen LogP contribution in [0.5, 0.6) is 0 Å². The van der Waals surface area contributed by atoms with E-state index in [0.717, 1.165) is 18.4 Å². The van der Waals surface area contributed by atoms with E-state index in [1.165, 1.54) is 36.4 Å². The highest BCUT2D eigenvalue weighted by Gasteiger charge is 2.33. The summed E-state index contributed by atoms with van der Waals surface area (Å²) in [6.45, 7) is 0. The van der Waals surface area contributed by atoms with Gasteiger partial charge in [-0.15, -0.1) is 0 Å². The minimum Gasteiger partial charge on any atom is -0.308 e. The number of carbonyl (C=O) groups excluding carboxylic acids is 1. The zero-order valence-corrected chi connectivity index (χ0v) is 13.2. The fraction of sp³-hybridized carbons (Fsp3) is 0.133. The summed E-state index contributed by atoms with van der Waals surface area (Å²) in [5.41, 5.74) is -1.10. The predicted octanol–water partition coefficient (Wildman–Crippen LogP) is 3.75. The minimum atomic E-state index is -4.60. The standard InChI is InChI=1S/C15H13F3N2O3S/c1-24(22,23)11-8-6-10(7-9-11)19-14(21)20-13-5-3-2-4-12(13)15(16,17)18/h2-9H,1H3,(H2,19,20,21). The zero-order chi connectivity index (χ0) is 18.0. The van der Waals surface area contributed by atoms with Crippen molar-refractivity contribution >= 4 is 27.2 Å². The summed E-state index contributed by atoms with van der Waals surface area (Å²) in [5, 5.41) is 4.46. The number of benzene rings is 2. The average molecular weight is 358 g/mol. The molecule has 2 rings (SSSR count). The predicted molar refractivity (Wildman–Crippen MR) is 83.6 cm³/mol. The van der Waals surface area contributed by atoms with E-state index < -0.39 is 27.6 Å². The van der Waals surface area contributed by atoms with E-state index in [1.807, 2.05) is 0 Å². The Bertz CT molecular complexity index is 847. The van der Waals surface area contributed by atoms with Crippen LogP contribution in [0.3, 0.4) is 0 Å². The number of para-hydroxylation sites is 1. The molecule has 24 heavy (non-hydrogen) atoms. The molecular weight excluding hydrogens is 345 g/mol. The average Bonchev–Trinajstić information content (AvgIpc) is 2.46. The quantitative estimate of drug-likeness (QED) is 0.877. The van der Waals surface area contributed by atoms with E-state index in [2.05, 4.69) is 10.6 Å². The van der Waals surface area contributed by atoms with Crippen molar-refractivity contribution in [3.05, 3.63) is 54.1 Å². The lowest BCUT2D eigenvalue weighted by Gasteiger charge is -2.14. The van der Waals surface area contributed by atoms with Gasteiger partial charge in [0.15, 0.2) is 9.84 Å². The number of nitrogens with one attached hydrogen (secondary N) is 2. The second-order valence-corrected chi connectivity index (χ2v) is 6.93. The number of sulfone groups is 1. The summed E-state index contributed by atoms with van der Waals surface area (Å²) in [4.78, 5) is 11.9. The minimum absolute atomic E-state index is 0.0656. The van der Waals surface area contributed by atoms with Crippen LogP contribution in [0.15, 0.2) is 53.4 Å². The number of urea groups is 1. The van der Waals surface area contributed by atoms with Crippen LogP contribution in [-0.4, -0.2) is 20.7 Å². The lowest BCUT2D eigenvalue weighted by molar-refractivity contribution is -0.136. The van der Waals surface area contributed by atoms with Crippen molar-refractivity contribution in [1.29, 1.82) is 0 Å². The van der Waals surface area contributed by atoms with Gasteiger partial charge in [-0.25, -0.2) is 13.2 Å². The first kappa shape index (κ1) is 17.8. The van der Waals surface area contributed by atoms with Crippen LogP contribution in [0.4, 0.5) is 29.3 Å². The van der Waals surface area contributed by atoms with Crippen molar-refractivity contribution in [2.45, 2.75) is 11.1 Å². The van der Waals surface area contributed by atoms with Crippen molar-refractivity contribution in [2.24, 2.45) is 0 Å². The van der Waals surface area contributed by atoms with Crippen LogP contribution in [0, 0.1) is 0 Å². The van der Waals surface area contributed by atoms with Gasteiger partial charge >= 0.3 is 12.2 Å². The molecule has 9 heteroatoms. The van der Waals surface area contributed by atoms with Crippen molar-refractivity contribution < 1.29 is 26.4 Å². The molecule has 0 aliphatic rings. The van der Waals surface area contributed by atoms with E-state index in [0.29, 0.717) is 0 Å². The number of amides is 2. The Balaban J connectivity index is 2.12. The number of carbonyl (C=O) groups is 1. The second-order valence-electron chi connectivity index (χ2n) is 4.92. The van der Waals surface area contributed by atoms with Gasteiger partial charge in [0.2, 0.25) is 0 Å². The Labute approximate surface area is 136 Å². The van der Waals surface area contributed by atoms with Crippen LogP contribution in [0.1, 0.15) is 5.56 Å². The van der Waals surface area contributed by atoms with Gasteiger partial charge in [0.1, 0.15) is 0 Å². The van der Waals surface area contributed by atoms with Crippen molar-refractivity contribution in [2.75, 3.05) is 16.9 Å². The van der Waals surface area contributed by atoms with Crippen LogP contribution >= 0.6 is 0 Å². The van der Waals surface area contributed by atoms with Crippen LogP contribution in [0.2, 0.25) is 0 Å². The topological polar surface area (TPSA) is 75.3 Å². The lowest BCUT2D eigenvalue weighted by atomic mass is 10.1. The molecule has 0 atom stereocenters. The van der Waals surface area contributed by atoms with Gasteiger partial charge in [-0.2, -0.15) is 13.2 Å². The van der Waals surface area contributed by atoms with Gasteiger partial charge in [0.25, 0.3) is 0 Å². The maximum Gasteiger partial charge on any atom is 0.418 e. The molecular formula is C15H13F3N2O3S. The zero-order valence-electron chi connectivity index (χ0n) is 12.4. The van der Waals surface area contributed by atoms with E-state index >= 15 is 0 Å². The fourth-order valence-corrected chi connectivity index (χ4v) is 2.54. The number of halogens is 3. The van der Waals surface area contributed by atoms with Crippen molar-refractivity contribution in [3.8, 4) is 0 Å². The van der Waals surface area contributed by atoms with Gasteiger partial charge in [-0.1, -0.05) is 12.1 Å². The van der Waals surface area contributed by atoms with Gasteiger partial charge in [0.05, 0.1) is 16.1 Å². The molecule has 128 valence electrons. The number of hydrogen-bond acceptors (Lipinski definition) is 3. The second kappa shape index (κ2) is 6.52. The van der Waals surface area contributed by atoms with Crippen molar-refractivity contribution in [3.63, 3.8) is 0 Å². The van der Waals surface area contributed by atoms with E-state index in [1.54, 1.807) is 0 Å². The smallest absolute Gasteiger partial charge is 0.308 e. The van der Waals surface area contributed by atoms with Crippen molar-refractivity contribution in [1.82, 2.24) is 0 Å². The largest absolute Gasteiger partial charge is 0.418 e. The third-order valence-electron chi connectivity index (χ3n) is 3.02. The molecule has 0 saturated heterocycles. The van der Waals surface area contributed by atoms with Crippen LogP contribution in [0.25, 0.3) is 0 Å². The molecule has 0 aromatic heterocycles. The first-order valence-electron chi connectivity index (χ1n) is 6.62. The first-order chi connectivity index (χ1) is 11.1. The summed E-state index contributed by atoms with van der Waals surface area (Å²) in [6, 6.07) is 8.95. The van der Waals surface area contributed by atoms with Gasteiger partial charge in [-0.05, 0) is 36.4 Å². The normalized spacial score (nSPS) is 11.8. The summed E-state index contributed by atoms with van der Waals surface area (Å²) in [7, 11) is -3.37. The van der Waals surface area contributed by atoms with Gasteiger partial charge in [-0.3, -0.25) is 0 Å². The molecule has 0 saturated carbocycles. The Hall–Kier alpha value is -2.55. The van der Waals surface area contributed by atoms with Gasteiger partial charge in [0, 0.05) is 11.9 Å². The maximum atomic E-state index is 12.9. The summed E-state index contributed by atoms with van der Waals surface area (Å²) >= 11 is 0. The summed E-state index contributed by atoms with van der Waals surface area (Å²) < 4.78 is 61.2. The van der Waals surface area contributed by atoms with Crippen LogP contribution in [-0.2, 0) is 16.0 Å². The highest BCUT2D eigenvalue weighted by molar-refractivity contribution is 7.90. The lowest BCUT2D eigenvalue weighted by Crippen LogP contribution is -2.21. The molecule has 0 fully saturated rings. The molecule has 0 unspecified atom stereocenters.